The number of hydrogen-bond acceptors (Lipinski definition) is 2. The summed E-state index contributed by atoms with van der Waals surface area (Å²) in [7, 11) is 0. The molecule has 0 unspecified atom stereocenters. The van der Waals surface area contributed by atoms with Crippen LogP contribution in [0.3, 0.4) is 0 Å². The first-order chi connectivity index (χ1) is 8.92. The molecule has 0 atom stereocenters. The number of benzene rings is 1. The van der Waals surface area contributed by atoms with Crippen LogP contribution >= 0.6 is 0 Å². The number of aliphatic carboxylic acids is 1. The second-order valence-corrected chi connectivity index (χ2v) is 5.33. The summed E-state index contributed by atoms with van der Waals surface area (Å²) in [6.07, 6.45) is 2.23. The smallest absolute Gasteiger partial charge is 0.309 e. The van der Waals surface area contributed by atoms with Gasteiger partial charge in [0.2, 0.25) is 0 Å². The van der Waals surface area contributed by atoms with Gasteiger partial charge in [0.05, 0.1) is 10.9 Å². The van der Waals surface area contributed by atoms with Gasteiger partial charge in [-0.2, -0.15) is 0 Å². The van der Waals surface area contributed by atoms with Crippen molar-refractivity contribution in [2.75, 3.05) is 0 Å². The number of aryl methyl sites for hydroxylation is 1. The van der Waals surface area contributed by atoms with Gasteiger partial charge in [-0.1, -0.05) is 12.1 Å². The first-order valence-corrected chi connectivity index (χ1v) is 6.23. The highest BCUT2D eigenvalue weighted by atomic mass is 16.4. The summed E-state index contributed by atoms with van der Waals surface area (Å²) >= 11 is 0. The lowest BCUT2D eigenvalue weighted by Crippen LogP contribution is -2.25. The van der Waals surface area contributed by atoms with E-state index in [0.29, 0.717) is 18.4 Å². The van der Waals surface area contributed by atoms with Crippen LogP contribution in [0.4, 0.5) is 0 Å². The Hall–Kier alpha value is -2.10. The molecular formula is C15H17NO3. The van der Waals surface area contributed by atoms with Crippen LogP contribution in [0.5, 0.6) is 0 Å². The molecule has 0 aliphatic carbocycles. The molecule has 2 rings (SSSR count). The summed E-state index contributed by atoms with van der Waals surface area (Å²) in [5.41, 5.74) is 0.0603. The van der Waals surface area contributed by atoms with Crippen LogP contribution in [-0.2, 0) is 11.3 Å². The highest BCUT2D eigenvalue weighted by Gasteiger charge is 2.26. The second-order valence-electron chi connectivity index (χ2n) is 5.33. The molecule has 100 valence electrons. The SMILES string of the molecule is CC(C)(CCn1ccc(=O)c2ccccc21)C(=O)O. The van der Waals surface area contributed by atoms with Crippen LogP contribution in [-0.4, -0.2) is 15.6 Å². The molecular weight excluding hydrogens is 242 g/mol. The van der Waals surface area contributed by atoms with Gasteiger partial charge in [-0.15, -0.1) is 0 Å². The fourth-order valence-corrected chi connectivity index (χ4v) is 1.96. The van der Waals surface area contributed by atoms with Gasteiger partial charge in [0.25, 0.3) is 0 Å². The minimum atomic E-state index is -0.808. The van der Waals surface area contributed by atoms with Crippen molar-refractivity contribution in [2.24, 2.45) is 5.41 Å². The predicted octanol–water partition coefficient (Wildman–Crippen LogP) is 2.50. The first kappa shape index (κ1) is 13.3. The molecule has 0 spiro atoms. The van der Waals surface area contributed by atoms with Crippen LogP contribution in [0.2, 0.25) is 0 Å². The number of aromatic nitrogens is 1. The number of hydrogen-bond donors (Lipinski definition) is 1. The molecule has 0 aliphatic rings. The van der Waals surface area contributed by atoms with Crippen molar-refractivity contribution in [1.82, 2.24) is 4.57 Å². The van der Waals surface area contributed by atoms with Crippen LogP contribution < -0.4 is 5.43 Å². The molecule has 0 saturated carbocycles. The Bertz CT molecular complexity index is 670. The Labute approximate surface area is 111 Å². The maximum absolute atomic E-state index is 11.7. The van der Waals surface area contributed by atoms with Gasteiger partial charge in [-0.05, 0) is 32.4 Å². The third kappa shape index (κ3) is 2.67. The molecule has 0 aliphatic heterocycles. The van der Waals surface area contributed by atoms with E-state index in [1.54, 1.807) is 26.1 Å². The standard InChI is InChI=1S/C15H17NO3/c1-15(2,14(18)19)8-10-16-9-7-13(17)11-5-3-4-6-12(11)16/h3-7,9H,8,10H2,1-2H3,(H,18,19). The van der Waals surface area contributed by atoms with Crippen molar-refractivity contribution in [3.05, 3.63) is 46.8 Å². The molecule has 0 bridgehead atoms. The van der Waals surface area contributed by atoms with Crippen molar-refractivity contribution in [3.63, 3.8) is 0 Å². The lowest BCUT2D eigenvalue weighted by molar-refractivity contribution is -0.147. The number of nitrogens with zero attached hydrogens (tertiary/aromatic N) is 1. The zero-order valence-corrected chi connectivity index (χ0v) is 11.1. The number of para-hydroxylation sites is 1. The lowest BCUT2D eigenvalue weighted by Gasteiger charge is -2.20. The fourth-order valence-electron chi connectivity index (χ4n) is 1.96. The monoisotopic (exact) mass is 259 g/mol. The molecule has 2 aromatic rings. The Morgan fingerprint density at radius 2 is 1.95 bits per heavy atom. The molecule has 4 heteroatoms. The first-order valence-electron chi connectivity index (χ1n) is 6.23. The maximum Gasteiger partial charge on any atom is 0.309 e. The third-order valence-corrected chi connectivity index (χ3v) is 3.44. The quantitative estimate of drug-likeness (QED) is 0.917. The Morgan fingerprint density at radius 3 is 2.63 bits per heavy atom. The van der Waals surface area contributed by atoms with Crippen molar-refractivity contribution in [1.29, 1.82) is 0 Å². The van der Waals surface area contributed by atoms with E-state index in [0.717, 1.165) is 5.52 Å². The average molecular weight is 259 g/mol. The predicted molar refractivity (Wildman–Crippen MR) is 74.2 cm³/mol. The summed E-state index contributed by atoms with van der Waals surface area (Å²) < 4.78 is 1.93. The number of carboxylic acids is 1. The van der Waals surface area contributed by atoms with Gasteiger partial charge < -0.3 is 9.67 Å². The molecule has 1 heterocycles. The van der Waals surface area contributed by atoms with Crippen LogP contribution in [0.15, 0.2) is 41.3 Å². The zero-order chi connectivity index (χ0) is 14.0. The van der Waals surface area contributed by atoms with Gasteiger partial charge in [0.15, 0.2) is 5.43 Å². The average Bonchev–Trinajstić information content (AvgIpc) is 2.38. The molecule has 0 radical (unpaired) electrons. The minimum absolute atomic E-state index is 0.00987. The minimum Gasteiger partial charge on any atom is -0.481 e. The van der Waals surface area contributed by atoms with E-state index in [2.05, 4.69) is 0 Å². The van der Waals surface area contributed by atoms with E-state index >= 15 is 0 Å². The Kier molecular flexibility index (Phi) is 3.42. The second kappa shape index (κ2) is 4.88. The van der Waals surface area contributed by atoms with Crippen LogP contribution in [0.1, 0.15) is 20.3 Å². The molecule has 1 aromatic heterocycles. The molecule has 1 N–H and O–H groups in total. The van der Waals surface area contributed by atoms with Crippen molar-refractivity contribution in [3.8, 4) is 0 Å². The largest absolute Gasteiger partial charge is 0.481 e. The molecule has 0 amide bonds. The number of pyridine rings is 1. The Balaban J connectivity index is 2.35. The van der Waals surface area contributed by atoms with Gasteiger partial charge in [-0.3, -0.25) is 9.59 Å². The summed E-state index contributed by atoms with van der Waals surface area (Å²) in [4.78, 5) is 22.8. The van der Waals surface area contributed by atoms with E-state index < -0.39 is 11.4 Å². The third-order valence-electron chi connectivity index (χ3n) is 3.44. The molecule has 0 saturated heterocycles. The molecule has 19 heavy (non-hydrogen) atoms. The number of rotatable bonds is 4. The molecule has 4 nitrogen and oxygen atoms in total. The number of carbonyl (C=O) groups is 1. The van der Waals surface area contributed by atoms with Gasteiger partial charge >= 0.3 is 5.97 Å². The Morgan fingerprint density at radius 1 is 1.26 bits per heavy atom. The lowest BCUT2D eigenvalue weighted by atomic mass is 9.89. The summed E-state index contributed by atoms with van der Waals surface area (Å²) in [6.45, 7) is 3.99. The van der Waals surface area contributed by atoms with Gasteiger partial charge in [-0.25, -0.2) is 0 Å². The molecule has 1 aromatic carbocycles. The van der Waals surface area contributed by atoms with E-state index in [1.807, 2.05) is 22.8 Å². The van der Waals surface area contributed by atoms with E-state index in [-0.39, 0.29) is 5.43 Å². The summed E-state index contributed by atoms with van der Waals surface area (Å²) in [5.74, 6) is -0.808. The maximum atomic E-state index is 11.7. The highest BCUT2D eigenvalue weighted by molar-refractivity contribution is 5.78. The normalized spacial score (nSPS) is 11.7. The van der Waals surface area contributed by atoms with Crippen molar-refractivity contribution < 1.29 is 9.90 Å². The number of carboxylic acid groups (broad SMARTS) is 1. The van der Waals surface area contributed by atoms with E-state index in [9.17, 15) is 9.59 Å². The number of fused-ring (bicyclic) bond motifs is 1. The zero-order valence-electron chi connectivity index (χ0n) is 11.1. The topological polar surface area (TPSA) is 59.3 Å². The van der Waals surface area contributed by atoms with Crippen LogP contribution in [0, 0.1) is 5.41 Å². The summed E-state index contributed by atoms with van der Waals surface area (Å²) in [5, 5.41) is 9.78. The van der Waals surface area contributed by atoms with Gasteiger partial charge in [0, 0.05) is 24.2 Å². The summed E-state index contributed by atoms with van der Waals surface area (Å²) in [6, 6.07) is 8.90. The highest BCUT2D eigenvalue weighted by Crippen LogP contribution is 2.22. The van der Waals surface area contributed by atoms with E-state index in [1.165, 1.54) is 6.07 Å². The van der Waals surface area contributed by atoms with Crippen molar-refractivity contribution >= 4 is 16.9 Å². The van der Waals surface area contributed by atoms with Crippen molar-refractivity contribution in [2.45, 2.75) is 26.8 Å². The van der Waals surface area contributed by atoms with Crippen LogP contribution in [0.25, 0.3) is 10.9 Å². The van der Waals surface area contributed by atoms with E-state index in [4.69, 9.17) is 5.11 Å². The van der Waals surface area contributed by atoms with Gasteiger partial charge in [0.1, 0.15) is 0 Å². The fraction of sp³-hybridized carbons (Fsp3) is 0.333. The molecule has 0 fully saturated rings.